The molecule has 0 saturated carbocycles. The SMILES string of the molecule is c1ccc(-c2ccccc2N(c2ccc3c(c2)oc2c4ccccc4ccc32)c2cccc3c2oc2ccc4oc5c6ccccc6ccc5c4c23)cc1. The zero-order valence-electron chi connectivity index (χ0n) is 28.9. The Labute approximate surface area is 308 Å². The van der Waals surface area contributed by atoms with Crippen LogP contribution in [0.5, 0.6) is 0 Å². The Morgan fingerprint density at radius 1 is 0.333 bits per heavy atom. The van der Waals surface area contributed by atoms with Crippen LogP contribution in [0.15, 0.2) is 189 Å². The molecular weight excluding hydrogens is 663 g/mol. The van der Waals surface area contributed by atoms with Crippen molar-refractivity contribution < 1.29 is 13.3 Å². The number of para-hydroxylation sites is 2. The van der Waals surface area contributed by atoms with Gasteiger partial charge in [0.1, 0.15) is 27.9 Å². The lowest BCUT2D eigenvalue weighted by atomic mass is 10.0. The van der Waals surface area contributed by atoms with E-state index in [2.05, 4.69) is 169 Å². The van der Waals surface area contributed by atoms with Crippen LogP contribution >= 0.6 is 0 Å². The summed E-state index contributed by atoms with van der Waals surface area (Å²) in [4.78, 5) is 2.32. The number of benzene rings is 9. The summed E-state index contributed by atoms with van der Waals surface area (Å²) in [7, 11) is 0. The predicted molar refractivity (Wildman–Crippen MR) is 223 cm³/mol. The van der Waals surface area contributed by atoms with E-state index in [1.165, 1.54) is 0 Å². The van der Waals surface area contributed by atoms with Gasteiger partial charge in [-0.1, -0.05) is 121 Å². The molecule has 9 aromatic carbocycles. The number of nitrogens with zero attached hydrogens (tertiary/aromatic N) is 1. The van der Waals surface area contributed by atoms with E-state index in [4.69, 9.17) is 13.3 Å². The maximum atomic E-state index is 6.94. The summed E-state index contributed by atoms with van der Waals surface area (Å²) >= 11 is 0. The maximum Gasteiger partial charge on any atom is 0.159 e. The summed E-state index contributed by atoms with van der Waals surface area (Å²) in [5, 5.41) is 10.9. The topological polar surface area (TPSA) is 42.7 Å². The minimum Gasteiger partial charge on any atom is -0.455 e. The van der Waals surface area contributed by atoms with E-state index in [1.54, 1.807) is 0 Å². The van der Waals surface area contributed by atoms with E-state index in [0.717, 1.165) is 116 Å². The molecule has 252 valence electrons. The molecular formula is C50H29NO3. The third-order valence-electron chi connectivity index (χ3n) is 11.0. The van der Waals surface area contributed by atoms with Crippen molar-refractivity contribution in [2.75, 3.05) is 4.90 Å². The Morgan fingerprint density at radius 3 is 1.67 bits per heavy atom. The highest BCUT2D eigenvalue weighted by Gasteiger charge is 2.25. The third-order valence-corrected chi connectivity index (χ3v) is 11.0. The monoisotopic (exact) mass is 691 g/mol. The Balaban J connectivity index is 1.15. The maximum absolute atomic E-state index is 6.94. The highest BCUT2D eigenvalue weighted by molar-refractivity contribution is 6.29. The van der Waals surface area contributed by atoms with Crippen molar-refractivity contribution in [1.82, 2.24) is 0 Å². The molecule has 0 aliphatic carbocycles. The van der Waals surface area contributed by atoms with Crippen LogP contribution in [0, 0.1) is 0 Å². The zero-order valence-corrected chi connectivity index (χ0v) is 28.9. The van der Waals surface area contributed by atoms with E-state index >= 15 is 0 Å². The second kappa shape index (κ2) is 11.1. The summed E-state index contributed by atoms with van der Waals surface area (Å²) in [5.41, 5.74) is 10.3. The van der Waals surface area contributed by atoms with Crippen LogP contribution < -0.4 is 4.90 Å². The summed E-state index contributed by atoms with van der Waals surface area (Å²) < 4.78 is 20.3. The van der Waals surface area contributed by atoms with Gasteiger partial charge in [0, 0.05) is 54.7 Å². The van der Waals surface area contributed by atoms with Gasteiger partial charge in [-0.15, -0.1) is 0 Å². The van der Waals surface area contributed by atoms with Gasteiger partial charge < -0.3 is 18.2 Å². The fourth-order valence-corrected chi connectivity index (χ4v) is 8.61. The van der Waals surface area contributed by atoms with Crippen molar-refractivity contribution >= 4 is 104 Å². The molecule has 0 atom stereocenters. The molecule has 54 heavy (non-hydrogen) atoms. The molecule has 0 spiro atoms. The van der Waals surface area contributed by atoms with Crippen LogP contribution in [0.1, 0.15) is 0 Å². The molecule has 0 fully saturated rings. The van der Waals surface area contributed by atoms with Crippen molar-refractivity contribution in [3.05, 3.63) is 176 Å². The first kappa shape index (κ1) is 29.3. The summed E-state index contributed by atoms with van der Waals surface area (Å²) in [6.45, 7) is 0. The highest BCUT2D eigenvalue weighted by Crippen LogP contribution is 2.48. The molecule has 0 amide bonds. The molecule has 0 N–H and O–H groups in total. The number of anilines is 3. The fourth-order valence-electron chi connectivity index (χ4n) is 8.61. The first-order valence-corrected chi connectivity index (χ1v) is 18.3. The standard InChI is InChI=1S/C50H29NO3/c1-2-11-30(12-3-1)34-15-8-9-19-41(34)51(33-23-26-37-38-24-21-31-13-4-6-16-35(31)48(38)54-45(37)29-33)42-20-10-18-39-46-44(53-50(39)42)28-27-43-47(46)40-25-22-32-14-5-7-17-36(32)49(40)52-43/h1-29H. The minimum absolute atomic E-state index is 0.800. The van der Waals surface area contributed by atoms with Crippen molar-refractivity contribution in [2.45, 2.75) is 0 Å². The second-order valence-corrected chi connectivity index (χ2v) is 14.0. The van der Waals surface area contributed by atoms with Crippen LogP contribution in [0.2, 0.25) is 0 Å². The fraction of sp³-hybridized carbons (Fsp3) is 0. The molecule has 0 radical (unpaired) electrons. The molecule has 0 saturated heterocycles. The number of fused-ring (bicyclic) bond motifs is 14. The number of rotatable bonds is 4. The summed E-state index contributed by atoms with van der Waals surface area (Å²) in [6.07, 6.45) is 0. The quantitative estimate of drug-likeness (QED) is 0.184. The molecule has 12 rings (SSSR count). The summed E-state index contributed by atoms with van der Waals surface area (Å²) in [5.74, 6) is 0. The van der Waals surface area contributed by atoms with Gasteiger partial charge in [0.05, 0.1) is 17.1 Å². The third kappa shape index (κ3) is 4.13. The van der Waals surface area contributed by atoms with E-state index in [9.17, 15) is 0 Å². The zero-order chi connectivity index (χ0) is 35.3. The molecule has 0 bridgehead atoms. The van der Waals surface area contributed by atoms with Gasteiger partial charge >= 0.3 is 0 Å². The normalized spacial score (nSPS) is 12.1. The Kier molecular flexibility index (Phi) is 6.02. The lowest BCUT2D eigenvalue weighted by Crippen LogP contribution is -2.11. The number of furan rings is 3. The van der Waals surface area contributed by atoms with Gasteiger partial charge in [0.2, 0.25) is 0 Å². The largest absolute Gasteiger partial charge is 0.455 e. The second-order valence-electron chi connectivity index (χ2n) is 14.0. The van der Waals surface area contributed by atoms with E-state index < -0.39 is 0 Å². The van der Waals surface area contributed by atoms with Crippen LogP contribution in [0.25, 0.3) is 98.5 Å². The lowest BCUT2D eigenvalue weighted by molar-refractivity contribution is 0.664. The molecule has 0 unspecified atom stereocenters. The van der Waals surface area contributed by atoms with Crippen LogP contribution in [-0.4, -0.2) is 0 Å². The van der Waals surface area contributed by atoms with Gasteiger partial charge in [0.25, 0.3) is 0 Å². The summed E-state index contributed by atoms with van der Waals surface area (Å²) in [6, 6.07) is 61.7. The molecule has 4 nitrogen and oxygen atoms in total. The van der Waals surface area contributed by atoms with E-state index in [-0.39, 0.29) is 0 Å². The van der Waals surface area contributed by atoms with E-state index in [0.29, 0.717) is 0 Å². The van der Waals surface area contributed by atoms with Crippen LogP contribution in [0.3, 0.4) is 0 Å². The van der Waals surface area contributed by atoms with Crippen molar-refractivity contribution in [2.24, 2.45) is 0 Å². The highest BCUT2D eigenvalue weighted by atomic mass is 16.3. The number of hydrogen-bond donors (Lipinski definition) is 0. The van der Waals surface area contributed by atoms with Crippen LogP contribution in [0.4, 0.5) is 17.1 Å². The number of hydrogen-bond acceptors (Lipinski definition) is 4. The van der Waals surface area contributed by atoms with Crippen LogP contribution in [-0.2, 0) is 0 Å². The molecule has 4 heteroatoms. The van der Waals surface area contributed by atoms with Gasteiger partial charge in [-0.05, 0) is 64.9 Å². The lowest BCUT2D eigenvalue weighted by Gasteiger charge is -2.27. The van der Waals surface area contributed by atoms with Crippen molar-refractivity contribution in [3.63, 3.8) is 0 Å². The molecule has 0 aliphatic heterocycles. The molecule has 3 aromatic heterocycles. The first-order chi connectivity index (χ1) is 26.8. The minimum atomic E-state index is 0.800. The Hall–Kier alpha value is -7.30. The average Bonchev–Trinajstić information content (AvgIpc) is 3.93. The predicted octanol–water partition coefficient (Wildman–Crippen LogP) is 14.8. The van der Waals surface area contributed by atoms with E-state index in [1.807, 2.05) is 12.1 Å². The Bertz CT molecular complexity index is 3460. The molecule has 3 heterocycles. The average molecular weight is 692 g/mol. The molecule has 12 aromatic rings. The molecule has 0 aliphatic rings. The van der Waals surface area contributed by atoms with Gasteiger partial charge in [0.15, 0.2) is 5.58 Å². The smallest absolute Gasteiger partial charge is 0.159 e. The van der Waals surface area contributed by atoms with Crippen molar-refractivity contribution in [1.29, 1.82) is 0 Å². The Morgan fingerprint density at radius 2 is 0.889 bits per heavy atom. The van der Waals surface area contributed by atoms with Gasteiger partial charge in [-0.25, -0.2) is 0 Å². The first-order valence-electron chi connectivity index (χ1n) is 18.3. The van der Waals surface area contributed by atoms with Crippen molar-refractivity contribution in [3.8, 4) is 11.1 Å². The van der Waals surface area contributed by atoms with Gasteiger partial charge in [-0.3, -0.25) is 0 Å². The van der Waals surface area contributed by atoms with Gasteiger partial charge in [-0.2, -0.15) is 0 Å².